The van der Waals surface area contributed by atoms with E-state index in [0.717, 1.165) is 11.8 Å². The van der Waals surface area contributed by atoms with Crippen LogP contribution in [0.3, 0.4) is 0 Å². The fourth-order valence-electron chi connectivity index (χ4n) is 5.80. The van der Waals surface area contributed by atoms with Crippen LogP contribution in [-0.2, 0) is 0 Å². The minimum absolute atomic E-state index is 0.00121. The molecule has 1 N–H and O–H groups in total. The zero-order chi connectivity index (χ0) is 31.9. The van der Waals surface area contributed by atoms with Crippen molar-refractivity contribution in [2.24, 2.45) is 0 Å². The van der Waals surface area contributed by atoms with Gasteiger partial charge in [-0.15, -0.1) is 0 Å². The number of rotatable bonds is 6. The molecule has 0 atom stereocenters. The largest absolute Gasteiger partial charge is 0.361 e. The molecule has 14 heteroatoms. The number of fused-ring (bicyclic) bond motifs is 1. The average Bonchev–Trinajstić information content (AvgIpc) is 3.77. The maximum absolute atomic E-state index is 13.8. The molecule has 1 saturated heterocycles. The Hall–Kier alpha value is -5.79. The van der Waals surface area contributed by atoms with Crippen molar-refractivity contribution in [2.45, 2.75) is 32.7 Å². The number of aryl methyl sites for hydroxylation is 2. The summed E-state index contributed by atoms with van der Waals surface area (Å²) in [5.41, 5.74) is 4.27. The molecule has 1 aliphatic heterocycles. The average molecular weight is 624 g/mol. The Bertz CT molecular complexity index is 2070. The van der Waals surface area contributed by atoms with E-state index in [9.17, 15) is 18.4 Å². The van der Waals surface area contributed by atoms with Crippen molar-refractivity contribution >= 4 is 23.3 Å². The van der Waals surface area contributed by atoms with Crippen LogP contribution < -0.4 is 5.32 Å². The number of aromatic nitrogens is 7. The first kappa shape index (κ1) is 29.0. The summed E-state index contributed by atoms with van der Waals surface area (Å²) in [6.07, 6.45) is 5.86. The molecule has 2 amide bonds. The molecule has 0 spiro atoms. The number of halogens is 2. The lowest BCUT2D eigenvalue weighted by Gasteiger charge is -2.33. The zero-order valence-electron chi connectivity index (χ0n) is 24.8. The lowest BCUT2D eigenvalue weighted by atomic mass is 10.0. The molecule has 0 saturated carbocycles. The number of benzene rings is 1. The summed E-state index contributed by atoms with van der Waals surface area (Å²) in [4.78, 5) is 40.4. The van der Waals surface area contributed by atoms with Gasteiger partial charge in [-0.05, 0) is 69.2 Å². The van der Waals surface area contributed by atoms with Crippen LogP contribution in [0.25, 0.3) is 28.3 Å². The molecular weight excluding hydrogens is 596 g/mol. The Morgan fingerprint density at radius 2 is 1.78 bits per heavy atom. The van der Waals surface area contributed by atoms with Gasteiger partial charge in [-0.2, -0.15) is 9.49 Å². The summed E-state index contributed by atoms with van der Waals surface area (Å²) in [5.74, 6) is -1.03. The highest BCUT2D eigenvalue weighted by molar-refractivity contribution is 6.03. The molecular formula is C32H27F2N9O3. The van der Waals surface area contributed by atoms with Gasteiger partial charge in [-0.3, -0.25) is 9.59 Å². The highest BCUT2D eigenvalue weighted by Gasteiger charge is 2.30. The smallest absolute Gasteiger partial charge is 0.259 e. The van der Waals surface area contributed by atoms with E-state index in [1.54, 1.807) is 44.6 Å². The van der Waals surface area contributed by atoms with Crippen LogP contribution in [-0.4, -0.2) is 64.1 Å². The van der Waals surface area contributed by atoms with E-state index in [4.69, 9.17) is 14.6 Å². The molecule has 0 radical (unpaired) electrons. The van der Waals surface area contributed by atoms with Gasteiger partial charge in [0, 0.05) is 42.5 Å². The topological polar surface area (TPSA) is 136 Å². The number of pyridine rings is 1. The molecule has 7 rings (SSSR count). The van der Waals surface area contributed by atoms with Crippen molar-refractivity contribution in [3.8, 4) is 22.6 Å². The maximum atomic E-state index is 13.8. The second-order valence-corrected chi connectivity index (χ2v) is 11.0. The fourth-order valence-corrected chi connectivity index (χ4v) is 5.80. The van der Waals surface area contributed by atoms with Gasteiger partial charge in [0.15, 0.2) is 11.5 Å². The number of hydrogen-bond donors (Lipinski definition) is 1. The van der Waals surface area contributed by atoms with Gasteiger partial charge in [-0.25, -0.2) is 23.9 Å². The summed E-state index contributed by atoms with van der Waals surface area (Å²) in [6, 6.07) is 12.1. The van der Waals surface area contributed by atoms with Gasteiger partial charge in [0.1, 0.15) is 22.8 Å². The van der Waals surface area contributed by atoms with Crippen molar-refractivity contribution in [2.75, 3.05) is 18.4 Å². The number of nitrogens with zero attached hydrogens (tertiary/aromatic N) is 8. The summed E-state index contributed by atoms with van der Waals surface area (Å²) in [6.45, 7) is 4.54. The number of carbonyl (C=O) groups is 2. The lowest BCUT2D eigenvalue weighted by molar-refractivity contribution is 0.0692. The standard InChI is InChI=1S/C32H27F2N9O3/c1-18-28(19(2)46-40-18)32(45)41-13-10-23(11-14-41)42-17-36-29(20-3-5-22(33)6-4-20)30(42)24-7-8-27-37-26(16-43(27)39-24)38-31(44)21-9-12-35-25(34)15-21/h3-9,12,15-17,23H,10-11,13-14H2,1-2H3,(H,38,44). The first-order valence-corrected chi connectivity index (χ1v) is 14.6. The third-order valence-corrected chi connectivity index (χ3v) is 8.10. The van der Waals surface area contributed by atoms with Gasteiger partial charge in [0.05, 0.1) is 29.6 Å². The highest BCUT2D eigenvalue weighted by atomic mass is 19.1. The molecule has 232 valence electrons. The number of imidazole rings is 2. The molecule has 1 aromatic carbocycles. The van der Waals surface area contributed by atoms with E-state index in [-0.39, 0.29) is 29.1 Å². The van der Waals surface area contributed by atoms with Crippen LogP contribution in [0, 0.1) is 25.6 Å². The minimum Gasteiger partial charge on any atom is -0.361 e. The molecule has 6 aromatic rings. The third kappa shape index (κ3) is 5.38. The normalized spacial score (nSPS) is 13.8. The fraction of sp³-hybridized carbons (Fsp3) is 0.219. The maximum Gasteiger partial charge on any atom is 0.259 e. The molecule has 0 bridgehead atoms. The molecule has 5 aromatic heterocycles. The van der Waals surface area contributed by atoms with Gasteiger partial charge in [-0.1, -0.05) is 5.16 Å². The predicted molar refractivity (Wildman–Crippen MR) is 162 cm³/mol. The lowest BCUT2D eigenvalue weighted by Crippen LogP contribution is -2.39. The van der Waals surface area contributed by atoms with Crippen molar-refractivity contribution < 1.29 is 22.9 Å². The van der Waals surface area contributed by atoms with Crippen LogP contribution in [0.2, 0.25) is 0 Å². The van der Waals surface area contributed by atoms with Crippen LogP contribution in [0.4, 0.5) is 14.6 Å². The minimum atomic E-state index is -0.764. The van der Waals surface area contributed by atoms with Gasteiger partial charge >= 0.3 is 0 Å². The first-order valence-electron chi connectivity index (χ1n) is 14.6. The van der Waals surface area contributed by atoms with Crippen molar-refractivity contribution in [1.82, 2.24) is 39.2 Å². The van der Waals surface area contributed by atoms with Gasteiger partial charge in [0.2, 0.25) is 5.95 Å². The highest BCUT2D eigenvalue weighted by Crippen LogP contribution is 2.36. The number of carbonyl (C=O) groups excluding carboxylic acids is 2. The Balaban J connectivity index is 1.20. The van der Waals surface area contributed by atoms with E-state index in [1.165, 1.54) is 28.9 Å². The number of likely N-dealkylation sites (tertiary alicyclic amines) is 1. The number of piperidine rings is 1. The van der Waals surface area contributed by atoms with E-state index < -0.39 is 11.9 Å². The van der Waals surface area contributed by atoms with Crippen molar-refractivity contribution in [1.29, 1.82) is 0 Å². The van der Waals surface area contributed by atoms with Gasteiger partial charge in [0.25, 0.3) is 11.8 Å². The molecule has 1 fully saturated rings. The SMILES string of the molecule is Cc1noc(C)c1C(=O)N1CCC(n2cnc(-c3ccc(F)cc3)c2-c2ccc3nc(NC(=O)c4ccnc(F)c4)cn3n2)CC1. The zero-order valence-corrected chi connectivity index (χ0v) is 24.8. The second-order valence-electron chi connectivity index (χ2n) is 11.0. The van der Waals surface area contributed by atoms with Crippen molar-refractivity contribution in [3.63, 3.8) is 0 Å². The Morgan fingerprint density at radius 1 is 1.00 bits per heavy atom. The van der Waals surface area contributed by atoms with Crippen LogP contribution >= 0.6 is 0 Å². The predicted octanol–water partition coefficient (Wildman–Crippen LogP) is 5.27. The number of hydrogen-bond acceptors (Lipinski definition) is 8. The van der Waals surface area contributed by atoms with Crippen LogP contribution in [0.5, 0.6) is 0 Å². The number of amides is 2. The Morgan fingerprint density at radius 3 is 2.50 bits per heavy atom. The molecule has 12 nitrogen and oxygen atoms in total. The van der Waals surface area contributed by atoms with E-state index >= 15 is 0 Å². The molecule has 6 heterocycles. The summed E-state index contributed by atoms with van der Waals surface area (Å²) < 4.78 is 36.2. The number of anilines is 1. The molecule has 0 unspecified atom stereocenters. The van der Waals surface area contributed by atoms with Crippen LogP contribution in [0.1, 0.15) is 51.1 Å². The third-order valence-electron chi connectivity index (χ3n) is 8.10. The summed E-state index contributed by atoms with van der Waals surface area (Å²) >= 11 is 0. The van der Waals surface area contributed by atoms with Crippen molar-refractivity contribution in [3.05, 3.63) is 102 Å². The molecule has 1 aliphatic rings. The first-order chi connectivity index (χ1) is 22.2. The summed E-state index contributed by atoms with van der Waals surface area (Å²) in [7, 11) is 0. The van der Waals surface area contributed by atoms with E-state index in [2.05, 4.69) is 25.0 Å². The summed E-state index contributed by atoms with van der Waals surface area (Å²) in [5, 5.41) is 11.4. The molecule has 0 aliphatic carbocycles. The monoisotopic (exact) mass is 623 g/mol. The van der Waals surface area contributed by atoms with Crippen LogP contribution in [0.15, 0.2) is 71.8 Å². The Labute approximate surface area is 260 Å². The Kier molecular flexibility index (Phi) is 7.31. The van der Waals surface area contributed by atoms with E-state index in [0.29, 0.717) is 65.5 Å². The van der Waals surface area contributed by atoms with E-state index in [1.807, 2.05) is 11.0 Å². The molecule has 46 heavy (non-hydrogen) atoms. The van der Waals surface area contributed by atoms with Gasteiger partial charge < -0.3 is 19.3 Å². The second kappa shape index (κ2) is 11.6. The number of nitrogens with one attached hydrogen (secondary N) is 1. The quantitative estimate of drug-likeness (QED) is 0.248.